The van der Waals surface area contributed by atoms with Crippen molar-refractivity contribution in [1.82, 2.24) is 4.90 Å². The highest BCUT2D eigenvalue weighted by molar-refractivity contribution is 4.92. The van der Waals surface area contributed by atoms with Crippen LogP contribution < -0.4 is 5.73 Å². The van der Waals surface area contributed by atoms with Gasteiger partial charge in [-0.25, -0.2) is 0 Å². The van der Waals surface area contributed by atoms with E-state index >= 15 is 0 Å². The Balaban J connectivity index is 1.94. The second-order valence-corrected chi connectivity index (χ2v) is 5.57. The molecule has 88 valence electrons. The number of rotatable bonds is 2. The van der Waals surface area contributed by atoms with E-state index in [9.17, 15) is 5.11 Å². The predicted molar refractivity (Wildman–Crippen MR) is 61.5 cm³/mol. The molecule has 0 bridgehead atoms. The molecule has 5 atom stereocenters. The minimum absolute atomic E-state index is 0.214. The van der Waals surface area contributed by atoms with Crippen LogP contribution in [0.15, 0.2) is 0 Å². The summed E-state index contributed by atoms with van der Waals surface area (Å²) in [6.07, 6.45) is 3.44. The molecule has 3 nitrogen and oxygen atoms in total. The molecular formula is C12H24N2O. The van der Waals surface area contributed by atoms with Crippen LogP contribution in [0.4, 0.5) is 0 Å². The largest absolute Gasteiger partial charge is 0.393 e. The molecule has 1 aliphatic carbocycles. The van der Waals surface area contributed by atoms with Gasteiger partial charge in [0.2, 0.25) is 0 Å². The minimum atomic E-state index is -0.214. The van der Waals surface area contributed by atoms with E-state index in [2.05, 4.69) is 11.8 Å². The van der Waals surface area contributed by atoms with Gasteiger partial charge in [-0.3, -0.25) is 4.90 Å². The number of likely N-dealkylation sites (tertiary alicyclic amines) is 1. The maximum absolute atomic E-state index is 9.67. The summed E-state index contributed by atoms with van der Waals surface area (Å²) in [6.45, 7) is 6.29. The van der Waals surface area contributed by atoms with E-state index in [0.29, 0.717) is 5.92 Å². The Morgan fingerprint density at radius 3 is 2.53 bits per heavy atom. The summed E-state index contributed by atoms with van der Waals surface area (Å²) in [5, 5.41) is 9.67. The van der Waals surface area contributed by atoms with Crippen LogP contribution in [0, 0.1) is 11.8 Å². The first kappa shape index (κ1) is 11.4. The highest BCUT2D eigenvalue weighted by Gasteiger charge is 2.37. The van der Waals surface area contributed by atoms with Crippen molar-refractivity contribution in [2.45, 2.75) is 51.3 Å². The van der Waals surface area contributed by atoms with Crippen LogP contribution in [-0.4, -0.2) is 41.3 Å². The first-order valence-electron chi connectivity index (χ1n) is 6.25. The SMILES string of the molecule is CC(O)C1CC(N)CN(C2CCC2C)C1. The summed E-state index contributed by atoms with van der Waals surface area (Å²) < 4.78 is 0. The first-order valence-corrected chi connectivity index (χ1v) is 6.25. The minimum Gasteiger partial charge on any atom is -0.393 e. The second kappa shape index (κ2) is 4.40. The Labute approximate surface area is 92.6 Å². The fraction of sp³-hybridized carbons (Fsp3) is 1.00. The summed E-state index contributed by atoms with van der Waals surface area (Å²) in [4.78, 5) is 2.51. The summed E-state index contributed by atoms with van der Waals surface area (Å²) in [5.41, 5.74) is 6.06. The summed E-state index contributed by atoms with van der Waals surface area (Å²) in [6, 6.07) is 0.990. The Hall–Kier alpha value is -0.120. The first-order chi connectivity index (χ1) is 7.08. The Kier molecular flexibility index (Phi) is 3.33. The quantitative estimate of drug-likeness (QED) is 0.712. The normalized spacial score (nSPS) is 44.8. The van der Waals surface area contributed by atoms with E-state index in [1.807, 2.05) is 6.92 Å². The Bertz CT molecular complexity index is 220. The van der Waals surface area contributed by atoms with Gasteiger partial charge in [0.15, 0.2) is 0 Å². The van der Waals surface area contributed by atoms with Crippen LogP contribution in [0.2, 0.25) is 0 Å². The van der Waals surface area contributed by atoms with Crippen molar-refractivity contribution in [1.29, 1.82) is 0 Å². The zero-order valence-electron chi connectivity index (χ0n) is 9.89. The number of hydrogen-bond donors (Lipinski definition) is 2. The van der Waals surface area contributed by atoms with E-state index in [1.165, 1.54) is 12.8 Å². The average Bonchev–Trinajstić information content (AvgIpc) is 2.14. The van der Waals surface area contributed by atoms with Crippen LogP contribution in [0.3, 0.4) is 0 Å². The van der Waals surface area contributed by atoms with Crippen molar-refractivity contribution in [3.63, 3.8) is 0 Å². The lowest BCUT2D eigenvalue weighted by molar-refractivity contribution is -0.00502. The van der Waals surface area contributed by atoms with Gasteiger partial charge in [-0.05, 0) is 38.0 Å². The molecule has 0 aromatic carbocycles. The fourth-order valence-electron chi connectivity index (χ4n) is 3.03. The lowest BCUT2D eigenvalue weighted by Gasteiger charge is -2.48. The molecule has 0 aromatic heterocycles. The molecular weight excluding hydrogens is 188 g/mol. The number of hydrogen-bond acceptors (Lipinski definition) is 3. The standard InChI is InChI=1S/C12H24N2O/c1-8-3-4-12(8)14-6-10(9(2)15)5-11(13)7-14/h8-12,15H,3-7,13H2,1-2H3. The van der Waals surface area contributed by atoms with E-state index < -0.39 is 0 Å². The molecule has 1 saturated heterocycles. The van der Waals surface area contributed by atoms with Crippen molar-refractivity contribution < 1.29 is 5.11 Å². The van der Waals surface area contributed by atoms with Crippen molar-refractivity contribution in [2.24, 2.45) is 17.6 Å². The van der Waals surface area contributed by atoms with Gasteiger partial charge in [0.25, 0.3) is 0 Å². The third-order valence-corrected chi connectivity index (χ3v) is 4.27. The zero-order valence-corrected chi connectivity index (χ0v) is 9.89. The van der Waals surface area contributed by atoms with E-state index in [0.717, 1.165) is 31.5 Å². The number of aliphatic hydroxyl groups is 1. The maximum atomic E-state index is 9.67. The van der Waals surface area contributed by atoms with Gasteiger partial charge >= 0.3 is 0 Å². The molecule has 1 heterocycles. The third-order valence-electron chi connectivity index (χ3n) is 4.27. The average molecular weight is 212 g/mol. The van der Waals surface area contributed by atoms with Crippen molar-refractivity contribution >= 4 is 0 Å². The number of piperidine rings is 1. The topological polar surface area (TPSA) is 49.5 Å². The van der Waals surface area contributed by atoms with Crippen molar-refractivity contribution in [2.75, 3.05) is 13.1 Å². The van der Waals surface area contributed by atoms with Crippen LogP contribution in [0.5, 0.6) is 0 Å². The molecule has 1 aliphatic heterocycles. The van der Waals surface area contributed by atoms with Gasteiger partial charge in [0.1, 0.15) is 0 Å². The summed E-state index contributed by atoms with van der Waals surface area (Å²) >= 11 is 0. The molecule has 5 unspecified atom stereocenters. The second-order valence-electron chi connectivity index (χ2n) is 5.57. The lowest BCUT2D eigenvalue weighted by atomic mass is 9.78. The summed E-state index contributed by atoms with van der Waals surface area (Å²) in [5.74, 6) is 1.20. The van der Waals surface area contributed by atoms with Gasteiger partial charge in [0, 0.05) is 25.2 Å². The fourth-order valence-corrected chi connectivity index (χ4v) is 3.03. The molecule has 2 fully saturated rings. The maximum Gasteiger partial charge on any atom is 0.0553 e. The zero-order chi connectivity index (χ0) is 11.0. The molecule has 0 spiro atoms. The van der Waals surface area contributed by atoms with Gasteiger partial charge < -0.3 is 10.8 Å². The molecule has 3 heteroatoms. The Morgan fingerprint density at radius 2 is 2.07 bits per heavy atom. The molecule has 0 radical (unpaired) electrons. The van der Waals surface area contributed by atoms with Gasteiger partial charge in [-0.1, -0.05) is 6.92 Å². The number of nitrogens with zero attached hydrogens (tertiary/aromatic N) is 1. The van der Waals surface area contributed by atoms with E-state index in [4.69, 9.17) is 5.73 Å². The monoisotopic (exact) mass is 212 g/mol. The molecule has 2 rings (SSSR count). The molecule has 2 aliphatic rings. The van der Waals surface area contributed by atoms with Crippen molar-refractivity contribution in [3.8, 4) is 0 Å². The van der Waals surface area contributed by atoms with E-state index in [1.54, 1.807) is 0 Å². The smallest absolute Gasteiger partial charge is 0.0553 e. The molecule has 0 amide bonds. The highest BCUT2D eigenvalue weighted by atomic mass is 16.3. The van der Waals surface area contributed by atoms with Crippen LogP contribution in [-0.2, 0) is 0 Å². The number of nitrogens with two attached hydrogens (primary N) is 1. The number of aliphatic hydroxyl groups excluding tert-OH is 1. The molecule has 1 saturated carbocycles. The van der Waals surface area contributed by atoms with Crippen LogP contribution >= 0.6 is 0 Å². The van der Waals surface area contributed by atoms with Crippen molar-refractivity contribution in [3.05, 3.63) is 0 Å². The predicted octanol–water partition coefficient (Wildman–Crippen LogP) is 0.815. The molecule has 0 aromatic rings. The molecule has 3 N–H and O–H groups in total. The lowest BCUT2D eigenvalue weighted by Crippen LogP contribution is -2.56. The Morgan fingerprint density at radius 1 is 1.33 bits per heavy atom. The molecule has 15 heavy (non-hydrogen) atoms. The summed E-state index contributed by atoms with van der Waals surface area (Å²) in [7, 11) is 0. The van der Waals surface area contributed by atoms with Crippen LogP contribution in [0.25, 0.3) is 0 Å². The third kappa shape index (κ3) is 2.35. The van der Waals surface area contributed by atoms with Gasteiger partial charge in [-0.2, -0.15) is 0 Å². The van der Waals surface area contributed by atoms with Gasteiger partial charge in [-0.15, -0.1) is 0 Å². The highest BCUT2D eigenvalue weighted by Crippen LogP contribution is 2.34. The van der Waals surface area contributed by atoms with E-state index in [-0.39, 0.29) is 12.1 Å². The van der Waals surface area contributed by atoms with Gasteiger partial charge in [0.05, 0.1) is 6.10 Å². The van der Waals surface area contributed by atoms with Crippen LogP contribution in [0.1, 0.15) is 33.1 Å².